The normalized spacial score (nSPS) is 11.9. The second kappa shape index (κ2) is 13.4. The summed E-state index contributed by atoms with van der Waals surface area (Å²) in [4.78, 5) is 43.9. The third-order valence-corrected chi connectivity index (χ3v) is 9.73. The van der Waals surface area contributed by atoms with E-state index in [0.717, 1.165) is 28.2 Å². The van der Waals surface area contributed by atoms with Crippen LogP contribution in [0.25, 0.3) is 66.9 Å². The lowest BCUT2D eigenvalue weighted by atomic mass is 10.1. The summed E-state index contributed by atoms with van der Waals surface area (Å²) in [6, 6.07) is 10.2. The molecule has 55 heavy (non-hydrogen) atoms. The summed E-state index contributed by atoms with van der Waals surface area (Å²) >= 11 is 0. The molecule has 6 aromatic heterocycles. The number of rotatable bonds is 11. The summed E-state index contributed by atoms with van der Waals surface area (Å²) in [6.07, 6.45) is 7.38. The fourth-order valence-electron chi connectivity index (χ4n) is 7.28. The van der Waals surface area contributed by atoms with Crippen LogP contribution in [0.5, 0.6) is 11.5 Å². The first-order valence-electron chi connectivity index (χ1n) is 17.7. The van der Waals surface area contributed by atoms with Crippen molar-refractivity contribution in [1.29, 1.82) is 0 Å². The van der Waals surface area contributed by atoms with Gasteiger partial charge in [-0.15, -0.1) is 0 Å². The van der Waals surface area contributed by atoms with E-state index < -0.39 is 11.8 Å². The maximum absolute atomic E-state index is 12.3. The Balaban J connectivity index is 1.26. The lowest BCUT2D eigenvalue weighted by molar-refractivity contribution is 0.0991. The predicted molar refractivity (Wildman–Crippen MR) is 208 cm³/mol. The molecule has 0 bridgehead atoms. The van der Waals surface area contributed by atoms with Crippen molar-refractivity contribution in [2.45, 2.75) is 53.9 Å². The summed E-state index contributed by atoms with van der Waals surface area (Å²) < 4.78 is 13.4. The largest absolute Gasteiger partial charge is 0.506 e. The second-order valence-corrected chi connectivity index (χ2v) is 13.2. The Kier molecular flexibility index (Phi) is 8.51. The highest BCUT2D eigenvalue weighted by Crippen LogP contribution is 2.38. The number of fused-ring (bicyclic) bond motifs is 6. The minimum atomic E-state index is -0.663. The van der Waals surface area contributed by atoms with Gasteiger partial charge in [0.25, 0.3) is 0 Å². The maximum atomic E-state index is 12.3. The Hall–Kier alpha value is -7.10. The Morgan fingerprint density at radius 1 is 0.709 bits per heavy atom. The third-order valence-electron chi connectivity index (χ3n) is 9.73. The van der Waals surface area contributed by atoms with Gasteiger partial charge in [0.2, 0.25) is 11.8 Å². The van der Waals surface area contributed by atoms with E-state index in [9.17, 15) is 14.7 Å². The number of aromatic hydroxyl groups is 1. The predicted octanol–water partition coefficient (Wildman–Crippen LogP) is 5.03. The number of allylic oxidation sites excluding steroid dienone is 2. The third kappa shape index (κ3) is 5.78. The summed E-state index contributed by atoms with van der Waals surface area (Å²) in [7, 11) is 1.54. The van der Waals surface area contributed by atoms with Crippen molar-refractivity contribution in [3.05, 3.63) is 83.5 Å². The molecule has 2 amide bonds. The van der Waals surface area contributed by atoms with Gasteiger partial charge in [0, 0.05) is 71.2 Å². The fraction of sp³-hybridized carbons (Fsp3) is 0.231. The van der Waals surface area contributed by atoms with Crippen molar-refractivity contribution in [3.63, 3.8) is 0 Å². The minimum Gasteiger partial charge on any atom is -0.506 e. The number of amides is 2. The van der Waals surface area contributed by atoms with Gasteiger partial charge >= 0.3 is 0 Å². The average molecular weight is 739 g/mol. The molecule has 8 rings (SSSR count). The van der Waals surface area contributed by atoms with E-state index in [1.165, 1.54) is 6.07 Å². The number of phenols is 1. The smallest absolute Gasteiger partial charge is 0.248 e. The van der Waals surface area contributed by atoms with E-state index in [0.29, 0.717) is 87.6 Å². The topological polar surface area (TPSA) is 213 Å². The Morgan fingerprint density at radius 3 is 1.65 bits per heavy atom. The van der Waals surface area contributed by atoms with Crippen LogP contribution in [0.4, 0.5) is 0 Å². The zero-order valence-electron chi connectivity index (χ0n) is 30.9. The summed E-state index contributed by atoms with van der Waals surface area (Å²) in [5.41, 5.74) is 17.4. The molecule has 8 aromatic rings. The van der Waals surface area contributed by atoms with Crippen LogP contribution < -0.4 is 16.2 Å². The van der Waals surface area contributed by atoms with Crippen LogP contribution in [0.2, 0.25) is 0 Å². The molecule has 0 saturated carbocycles. The van der Waals surface area contributed by atoms with Gasteiger partial charge in [-0.25, -0.2) is 19.9 Å². The number of hydrogen-bond acceptors (Lipinski definition) is 10. The number of carbonyl (C=O) groups excluding carboxylic acids is 2. The average Bonchev–Trinajstić information content (AvgIpc) is 3.92. The molecule has 0 saturated heterocycles. The first-order valence-corrected chi connectivity index (χ1v) is 17.7. The van der Waals surface area contributed by atoms with Crippen LogP contribution in [0, 0.1) is 13.8 Å². The SMILES string of the molecule is CCn1nc(C)cc1-c1ncc2c3cc(C(N)=O)cc(O)c3n(C/C=C/Cn3c4nc(-c5cc(C)nn5CC)ncc4c4cc(C(N)=O)cc(OC)c43)c2n1. The number of methoxy groups -OCH3 is 1. The van der Waals surface area contributed by atoms with Gasteiger partial charge in [0.05, 0.1) is 29.5 Å². The number of aryl methyl sites for hydroxylation is 4. The van der Waals surface area contributed by atoms with Gasteiger partial charge in [0.15, 0.2) is 11.6 Å². The van der Waals surface area contributed by atoms with Gasteiger partial charge in [0.1, 0.15) is 34.2 Å². The molecule has 0 fully saturated rings. The summed E-state index contributed by atoms with van der Waals surface area (Å²) in [5, 5.41) is 23.1. The molecule has 5 N–H and O–H groups in total. The quantitative estimate of drug-likeness (QED) is 0.151. The maximum Gasteiger partial charge on any atom is 0.248 e. The molecule has 6 heterocycles. The van der Waals surface area contributed by atoms with Gasteiger partial charge in [-0.3, -0.25) is 19.0 Å². The van der Waals surface area contributed by atoms with E-state index >= 15 is 0 Å². The highest BCUT2D eigenvalue weighted by atomic mass is 16.5. The number of primary amides is 2. The molecular weight excluding hydrogens is 701 g/mol. The van der Waals surface area contributed by atoms with Crippen molar-refractivity contribution < 1.29 is 19.4 Å². The summed E-state index contributed by atoms with van der Waals surface area (Å²) in [6.45, 7) is 9.75. The highest BCUT2D eigenvalue weighted by molar-refractivity contribution is 6.13. The zero-order valence-corrected chi connectivity index (χ0v) is 30.9. The summed E-state index contributed by atoms with van der Waals surface area (Å²) in [5.74, 6) is 0.0701. The van der Waals surface area contributed by atoms with Crippen LogP contribution in [0.3, 0.4) is 0 Å². The Morgan fingerprint density at radius 2 is 1.18 bits per heavy atom. The van der Waals surface area contributed by atoms with Crippen molar-refractivity contribution in [2.75, 3.05) is 7.11 Å². The number of benzene rings is 2. The van der Waals surface area contributed by atoms with E-state index in [1.807, 2.05) is 70.5 Å². The number of nitrogens with two attached hydrogens (primary N) is 2. The van der Waals surface area contributed by atoms with Gasteiger partial charge in [-0.05, 0) is 64.1 Å². The number of phenolic OH excluding ortho intramolecular Hbond substituents is 1. The first-order chi connectivity index (χ1) is 26.5. The molecule has 0 radical (unpaired) electrons. The van der Waals surface area contributed by atoms with E-state index in [4.69, 9.17) is 31.2 Å². The molecule has 278 valence electrons. The van der Waals surface area contributed by atoms with Gasteiger partial charge in [-0.1, -0.05) is 12.2 Å². The molecule has 16 nitrogen and oxygen atoms in total. The molecule has 0 aliphatic rings. The van der Waals surface area contributed by atoms with Crippen LogP contribution in [-0.4, -0.2) is 72.7 Å². The minimum absolute atomic E-state index is 0.114. The molecule has 0 unspecified atom stereocenters. The Bertz CT molecular complexity index is 2890. The fourth-order valence-corrected chi connectivity index (χ4v) is 7.28. The van der Waals surface area contributed by atoms with E-state index in [-0.39, 0.29) is 11.3 Å². The van der Waals surface area contributed by atoms with Crippen LogP contribution in [0.1, 0.15) is 46.0 Å². The molecular formula is C39H38N12O4. The van der Waals surface area contributed by atoms with Crippen LogP contribution >= 0.6 is 0 Å². The zero-order chi connectivity index (χ0) is 38.7. The van der Waals surface area contributed by atoms with Crippen molar-refractivity contribution in [1.82, 2.24) is 48.6 Å². The van der Waals surface area contributed by atoms with Crippen molar-refractivity contribution >= 4 is 55.7 Å². The highest BCUT2D eigenvalue weighted by Gasteiger charge is 2.22. The number of carbonyl (C=O) groups is 2. The molecule has 0 aliphatic carbocycles. The van der Waals surface area contributed by atoms with E-state index in [1.54, 1.807) is 37.7 Å². The van der Waals surface area contributed by atoms with Crippen molar-refractivity contribution in [2.24, 2.45) is 11.5 Å². The van der Waals surface area contributed by atoms with Crippen molar-refractivity contribution in [3.8, 4) is 34.5 Å². The lowest BCUT2D eigenvalue weighted by Crippen LogP contribution is -2.11. The standard InChI is InChI=1S/C39H38N12O4/c1-6-50-28(12-20(3)46-50)36-42-18-26-24-14-22(34(40)53)16-30(52)32(24)48(38(26)44-36)10-8-9-11-49-33-25(15-23(35(41)54)17-31(33)55-5)27-19-43-37(45-39(27)49)29-13-21(4)47-51(29)7-2/h8-9,12-19,52H,6-7,10-11H2,1-5H3,(H2,40,53)(H2,41,54)/b9-8+. The monoisotopic (exact) mass is 738 g/mol. The van der Waals surface area contributed by atoms with Crippen LogP contribution in [-0.2, 0) is 26.2 Å². The molecule has 2 aromatic carbocycles. The second-order valence-electron chi connectivity index (χ2n) is 13.2. The molecule has 0 atom stereocenters. The van der Waals surface area contributed by atoms with E-state index in [2.05, 4.69) is 15.2 Å². The number of nitrogens with zero attached hydrogens (tertiary/aromatic N) is 10. The number of ether oxygens (including phenoxy) is 1. The molecule has 0 spiro atoms. The number of aromatic nitrogens is 10. The molecule has 16 heteroatoms. The van der Waals surface area contributed by atoms with Gasteiger partial charge in [-0.2, -0.15) is 10.2 Å². The lowest BCUT2D eigenvalue weighted by Gasteiger charge is -2.10. The van der Waals surface area contributed by atoms with Crippen LogP contribution in [0.15, 0.2) is 60.9 Å². The molecule has 0 aliphatic heterocycles. The number of hydrogen-bond donors (Lipinski definition) is 3. The Labute approximate surface area is 313 Å². The first kappa shape index (κ1) is 35.0. The van der Waals surface area contributed by atoms with Gasteiger partial charge < -0.3 is 30.4 Å².